The number of aromatic nitrogens is 3. The van der Waals surface area contributed by atoms with E-state index in [1.54, 1.807) is 4.57 Å². The van der Waals surface area contributed by atoms with Gasteiger partial charge < -0.3 is 4.42 Å². The maximum Gasteiger partial charge on any atom is 0.283 e. The van der Waals surface area contributed by atoms with Gasteiger partial charge in [-0.15, -0.1) is 0 Å². The summed E-state index contributed by atoms with van der Waals surface area (Å²) in [6, 6.07) is 9.56. The minimum atomic E-state index is -0.0874. The lowest BCUT2D eigenvalue weighted by Gasteiger charge is -2.15. The molecule has 4 rings (SSSR count). The second-order valence-corrected chi connectivity index (χ2v) is 4.98. The fourth-order valence-corrected chi connectivity index (χ4v) is 2.63. The normalized spacial score (nSPS) is 14.4. The number of oxazole rings is 1. The first kappa shape index (κ1) is 11.4. The zero-order valence-corrected chi connectivity index (χ0v) is 10.9. The average Bonchev–Trinajstić information content (AvgIpc) is 2.93. The number of hydrogen-bond acceptors (Lipinski definition) is 4. The van der Waals surface area contributed by atoms with Gasteiger partial charge in [-0.05, 0) is 25.0 Å². The molecular weight excluding hydrogens is 254 g/mol. The van der Waals surface area contributed by atoms with Gasteiger partial charge in [0.15, 0.2) is 5.52 Å². The number of aryl methyl sites for hydroxylation is 1. The second-order valence-electron chi connectivity index (χ2n) is 4.98. The van der Waals surface area contributed by atoms with E-state index in [1.807, 2.05) is 30.3 Å². The molecule has 0 unspecified atom stereocenters. The Labute approximate surface area is 114 Å². The molecule has 1 aliphatic rings. The highest BCUT2D eigenvalue weighted by atomic mass is 16.4. The fraction of sp³-hybridized carbons (Fsp3) is 0.267. The van der Waals surface area contributed by atoms with Crippen molar-refractivity contribution < 1.29 is 4.42 Å². The summed E-state index contributed by atoms with van der Waals surface area (Å²) in [5.41, 5.74) is 1.44. The molecule has 5 nitrogen and oxygen atoms in total. The van der Waals surface area contributed by atoms with Crippen LogP contribution in [0.3, 0.4) is 0 Å². The molecule has 0 saturated heterocycles. The summed E-state index contributed by atoms with van der Waals surface area (Å²) in [6.45, 7) is 0.727. The molecular formula is C15H13N3O2. The summed E-state index contributed by atoms with van der Waals surface area (Å²) in [5.74, 6) is 1.26. The summed E-state index contributed by atoms with van der Waals surface area (Å²) in [5, 5.41) is 0. The third-order valence-electron chi connectivity index (χ3n) is 3.65. The first-order valence-electron chi connectivity index (χ1n) is 6.78. The van der Waals surface area contributed by atoms with Gasteiger partial charge in [0.1, 0.15) is 5.82 Å². The quantitative estimate of drug-likeness (QED) is 0.679. The molecule has 3 heterocycles. The maximum atomic E-state index is 12.4. The van der Waals surface area contributed by atoms with Gasteiger partial charge in [0.25, 0.3) is 11.3 Å². The third-order valence-corrected chi connectivity index (χ3v) is 3.65. The van der Waals surface area contributed by atoms with Crippen LogP contribution < -0.4 is 5.56 Å². The van der Waals surface area contributed by atoms with E-state index in [0.29, 0.717) is 17.1 Å². The first-order valence-corrected chi connectivity index (χ1v) is 6.78. The summed E-state index contributed by atoms with van der Waals surface area (Å²) in [6.07, 6.45) is 2.91. The highest BCUT2D eigenvalue weighted by Gasteiger charge is 2.19. The van der Waals surface area contributed by atoms with Gasteiger partial charge in [-0.25, -0.2) is 4.98 Å². The lowest BCUT2D eigenvalue weighted by Crippen LogP contribution is -2.28. The molecule has 2 aromatic heterocycles. The fourth-order valence-electron chi connectivity index (χ4n) is 2.63. The molecule has 0 N–H and O–H groups in total. The zero-order chi connectivity index (χ0) is 13.5. The molecule has 5 heteroatoms. The van der Waals surface area contributed by atoms with Crippen LogP contribution in [-0.2, 0) is 13.0 Å². The predicted octanol–water partition coefficient (Wildman–Crippen LogP) is 2.39. The van der Waals surface area contributed by atoms with Crippen molar-refractivity contribution in [3.63, 3.8) is 0 Å². The van der Waals surface area contributed by atoms with Crippen molar-refractivity contribution in [3.05, 3.63) is 46.5 Å². The topological polar surface area (TPSA) is 60.9 Å². The van der Waals surface area contributed by atoms with Crippen molar-refractivity contribution in [1.29, 1.82) is 0 Å². The smallest absolute Gasteiger partial charge is 0.283 e. The Kier molecular flexibility index (Phi) is 2.45. The van der Waals surface area contributed by atoms with Crippen LogP contribution in [0.5, 0.6) is 0 Å². The Bertz CT molecular complexity index is 833. The van der Waals surface area contributed by atoms with Gasteiger partial charge in [-0.3, -0.25) is 9.36 Å². The Balaban J connectivity index is 1.96. The largest absolute Gasteiger partial charge is 0.417 e. The van der Waals surface area contributed by atoms with Crippen molar-refractivity contribution >= 4 is 11.2 Å². The molecule has 0 aliphatic carbocycles. The van der Waals surface area contributed by atoms with Gasteiger partial charge in [-0.1, -0.05) is 18.2 Å². The average molecular weight is 267 g/mol. The van der Waals surface area contributed by atoms with Crippen LogP contribution in [0, 0.1) is 0 Å². The van der Waals surface area contributed by atoms with Gasteiger partial charge in [0.2, 0.25) is 5.89 Å². The summed E-state index contributed by atoms with van der Waals surface area (Å²) >= 11 is 0. The van der Waals surface area contributed by atoms with Crippen LogP contribution >= 0.6 is 0 Å². The molecule has 0 fully saturated rings. The summed E-state index contributed by atoms with van der Waals surface area (Å²) < 4.78 is 7.39. The molecule has 1 aromatic carbocycles. The molecule has 1 aliphatic heterocycles. The standard InChI is InChI=1S/C15H13N3O2/c19-15-12-14(16-11-8-4-5-9-18(11)15)20-13(17-12)10-6-2-1-3-7-10/h1-3,6-7H,4-5,8-9H2. The number of nitrogens with zero attached hydrogens (tertiary/aromatic N) is 3. The van der Waals surface area contributed by atoms with Crippen molar-refractivity contribution in [3.8, 4) is 11.5 Å². The first-order chi connectivity index (χ1) is 9.83. The minimum absolute atomic E-state index is 0.0874. The molecule has 0 radical (unpaired) electrons. The van der Waals surface area contributed by atoms with Crippen LogP contribution in [-0.4, -0.2) is 14.5 Å². The van der Waals surface area contributed by atoms with Crippen LogP contribution in [0.4, 0.5) is 0 Å². The second kappa shape index (κ2) is 4.30. The van der Waals surface area contributed by atoms with E-state index in [1.165, 1.54) is 0 Å². The molecule has 0 bridgehead atoms. The monoisotopic (exact) mass is 267 g/mol. The number of benzene rings is 1. The highest BCUT2D eigenvalue weighted by molar-refractivity contribution is 5.71. The molecule has 0 atom stereocenters. The van der Waals surface area contributed by atoms with E-state index >= 15 is 0 Å². The molecule has 0 spiro atoms. The van der Waals surface area contributed by atoms with Gasteiger partial charge in [0, 0.05) is 18.5 Å². The Morgan fingerprint density at radius 2 is 1.95 bits per heavy atom. The van der Waals surface area contributed by atoms with E-state index in [2.05, 4.69) is 9.97 Å². The van der Waals surface area contributed by atoms with E-state index in [0.717, 1.165) is 37.2 Å². The van der Waals surface area contributed by atoms with Crippen LogP contribution in [0.2, 0.25) is 0 Å². The summed E-state index contributed by atoms with van der Waals surface area (Å²) in [7, 11) is 0. The lowest BCUT2D eigenvalue weighted by molar-refractivity contribution is 0.494. The van der Waals surface area contributed by atoms with E-state index in [-0.39, 0.29) is 5.56 Å². The Morgan fingerprint density at radius 1 is 1.10 bits per heavy atom. The van der Waals surface area contributed by atoms with Crippen molar-refractivity contribution in [2.75, 3.05) is 0 Å². The number of rotatable bonds is 1. The van der Waals surface area contributed by atoms with Gasteiger partial charge in [0.05, 0.1) is 0 Å². The van der Waals surface area contributed by atoms with E-state index in [4.69, 9.17) is 4.42 Å². The SMILES string of the molecule is O=c1c2nc(-c3ccccc3)oc2nc2n1CCCC2. The van der Waals surface area contributed by atoms with Crippen molar-refractivity contribution in [1.82, 2.24) is 14.5 Å². The van der Waals surface area contributed by atoms with Crippen LogP contribution in [0.15, 0.2) is 39.5 Å². The van der Waals surface area contributed by atoms with Gasteiger partial charge >= 0.3 is 0 Å². The summed E-state index contributed by atoms with van der Waals surface area (Å²) in [4.78, 5) is 21.2. The van der Waals surface area contributed by atoms with Crippen molar-refractivity contribution in [2.24, 2.45) is 0 Å². The van der Waals surface area contributed by atoms with E-state index in [9.17, 15) is 4.79 Å². The Morgan fingerprint density at radius 3 is 2.80 bits per heavy atom. The van der Waals surface area contributed by atoms with E-state index < -0.39 is 0 Å². The lowest BCUT2D eigenvalue weighted by atomic mass is 10.1. The van der Waals surface area contributed by atoms with Crippen molar-refractivity contribution in [2.45, 2.75) is 25.8 Å². The zero-order valence-electron chi connectivity index (χ0n) is 10.9. The number of hydrogen-bond donors (Lipinski definition) is 0. The van der Waals surface area contributed by atoms with Crippen LogP contribution in [0.1, 0.15) is 18.7 Å². The van der Waals surface area contributed by atoms with Crippen LogP contribution in [0.25, 0.3) is 22.7 Å². The maximum absolute atomic E-state index is 12.4. The highest BCUT2D eigenvalue weighted by Crippen LogP contribution is 2.22. The molecule has 0 amide bonds. The third kappa shape index (κ3) is 1.66. The predicted molar refractivity (Wildman–Crippen MR) is 74.4 cm³/mol. The molecule has 100 valence electrons. The molecule has 3 aromatic rings. The van der Waals surface area contributed by atoms with Gasteiger partial charge in [-0.2, -0.15) is 4.98 Å². The number of fused-ring (bicyclic) bond motifs is 2. The Hall–Kier alpha value is -2.43. The molecule has 20 heavy (non-hydrogen) atoms. The molecule has 0 saturated carbocycles. The minimum Gasteiger partial charge on any atom is -0.417 e.